The largest absolute Gasteiger partial charge is 0.362 e. The Morgan fingerprint density at radius 2 is 1.34 bits per heavy atom. The van der Waals surface area contributed by atoms with Crippen molar-refractivity contribution in [3.05, 3.63) is 11.3 Å². The van der Waals surface area contributed by atoms with Crippen molar-refractivity contribution in [3.8, 4) is 0 Å². The van der Waals surface area contributed by atoms with Crippen LogP contribution in [0.3, 0.4) is 0 Å². The summed E-state index contributed by atoms with van der Waals surface area (Å²) in [6.07, 6.45) is 18.5. The van der Waals surface area contributed by atoms with Crippen LogP contribution in [0.5, 0.6) is 0 Å². The van der Waals surface area contributed by atoms with Crippen molar-refractivity contribution in [1.29, 1.82) is 0 Å². The van der Waals surface area contributed by atoms with E-state index in [0.29, 0.717) is 18.1 Å². The molecule has 0 aromatic carbocycles. The summed E-state index contributed by atoms with van der Waals surface area (Å²) >= 11 is 5.66. The second kappa shape index (κ2) is 11.5. The van der Waals surface area contributed by atoms with Crippen LogP contribution >= 0.6 is 12.2 Å². The van der Waals surface area contributed by atoms with E-state index in [9.17, 15) is 0 Å². The van der Waals surface area contributed by atoms with Crippen LogP contribution in [-0.2, 0) is 12.8 Å². The van der Waals surface area contributed by atoms with Crippen LogP contribution in [0, 0.1) is 0 Å². The van der Waals surface area contributed by atoms with Gasteiger partial charge in [-0.15, -0.1) is 0 Å². The number of rotatable bonds is 5. The Morgan fingerprint density at radius 1 is 0.750 bits per heavy atom. The molecular weight excluding hydrogens is 416 g/mol. The number of nitrogens with one attached hydrogen (secondary N) is 3. The Hall–Kier alpha value is -1.63. The van der Waals surface area contributed by atoms with Crippen molar-refractivity contribution >= 4 is 29.1 Å². The number of fused-ring (bicyclic) bond motifs is 1. The first-order chi connectivity index (χ1) is 15.6. The predicted octanol–water partition coefficient (Wildman–Crippen LogP) is 4.72. The van der Waals surface area contributed by atoms with Gasteiger partial charge in [0, 0.05) is 37.8 Å². The highest BCUT2D eigenvalue weighted by Gasteiger charge is 2.25. The predicted molar refractivity (Wildman–Crippen MR) is 138 cm³/mol. The summed E-state index contributed by atoms with van der Waals surface area (Å²) in [5.41, 5.74) is 2.60. The van der Waals surface area contributed by atoms with Gasteiger partial charge in [0.2, 0.25) is 5.95 Å². The Bertz CT molecular complexity index is 751. The average molecular weight is 459 g/mol. The highest BCUT2D eigenvalue weighted by molar-refractivity contribution is 7.80. The van der Waals surface area contributed by atoms with Gasteiger partial charge < -0.3 is 20.9 Å². The Balaban J connectivity index is 1.25. The monoisotopic (exact) mass is 458 g/mol. The van der Waals surface area contributed by atoms with Gasteiger partial charge in [0.15, 0.2) is 5.11 Å². The maximum Gasteiger partial charge on any atom is 0.225 e. The van der Waals surface area contributed by atoms with Crippen LogP contribution in [0.2, 0.25) is 0 Å². The highest BCUT2D eigenvalue weighted by Crippen LogP contribution is 2.29. The van der Waals surface area contributed by atoms with E-state index in [4.69, 9.17) is 22.2 Å². The van der Waals surface area contributed by atoms with E-state index in [-0.39, 0.29) is 0 Å². The molecule has 0 amide bonds. The number of nitrogens with zero attached hydrogens (tertiary/aromatic N) is 3. The molecule has 178 valence electrons. The third-order valence-electron chi connectivity index (χ3n) is 7.42. The maximum absolute atomic E-state index is 5.66. The molecule has 1 aromatic rings. The molecule has 0 spiro atoms. The van der Waals surface area contributed by atoms with Gasteiger partial charge in [-0.25, -0.2) is 4.98 Å². The van der Waals surface area contributed by atoms with Gasteiger partial charge in [-0.05, 0) is 76.4 Å². The lowest BCUT2D eigenvalue weighted by Gasteiger charge is -2.32. The molecule has 2 saturated carbocycles. The Morgan fingerprint density at radius 3 is 2.03 bits per heavy atom. The van der Waals surface area contributed by atoms with Crippen LogP contribution < -0.4 is 20.9 Å². The fourth-order valence-corrected chi connectivity index (χ4v) is 5.92. The van der Waals surface area contributed by atoms with Gasteiger partial charge in [-0.3, -0.25) is 0 Å². The van der Waals surface area contributed by atoms with E-state index >= 15 is 0 Å². The van der Waals surface area contributed by atoms with Gasteiger partial charge in [0.05, 0.1) is 5.69 Å². The highest BCUT2D eigenvalue weighted by atomic mass is 32.1. The van der Waals surface area contributed by atoms with E-state index in [2.05, 4.69) is 34.9 Å². The fraction of sp³-hybridized carbons (Fsp3) is 0.800. The first-order valence-corrected chi connectivity index (χ1v) is 13.4. The molecule has 0 bridgehead atoms. The lowest BCUT2D eigenvalue weighted by Crippen LogP contribution is -2.48. The third kappa shape index (κ3) is 6.46. The minimum atomic E-state index is 0.442. The second-order valence-corrected chi connectivity index (χ2v) is 10.7. The Labute approximate surface area is 199 Å². The molecule has 1 aromatic heterocycles. The first-order valence-electron chi connectivity index (χ1n) is 13.0. The van der Waals surface area contributed by atoms with Crippen molar-refractivity contribution in [2.45, 2.75) is 114 Å². The number of aromatic nitrogens is 2. The number of anilines is 2. The summed E-state index contributed by atoms with van der Waals surface area (Å²) in [6.45, 7) is 0. The molecule has 2 fully saturated rings. The van der Waals surface area contributed by atoms with Crippen molar-refractivity contribution in [2.75, 3.05) is 24.3 Å². The summed E-state index contributed by atoms with van der Waals surface area (Å²) in [5, 5.41) is 11.7. The average Bonchev–Trinajstić information content (AvgIpc) is 2.76. The molecule has 1 heterocycles. The van der Waals surface area contributed by atoms with Crippen LogP contribution in [0.25, 0.3) is 0 Å². The van der Waals surface area contributed by atoms with Crippen molar-refractivity contribution in [1.82, 2.24) is 20.6 Å². The van der Waals surface area contributed by atoms with Crippen LogP contribution in [0.1, 0.15) is 94.7 Å². The standard InChI is InChI=1S/C25H42N6S/c1-31(2)23-21-12-8-9-13-22(21)29-24(30-23)26-19-14-16-20(17-15-19)28-25(32)27-18-10-6-4-3-5-7-11-18/h18-20H,3-17H2,1-2H3,(H,26,29,30)(H2,27,28,32). The summed E-state index contributed by atoms with van der Waals surface area (Å²) in [5.74, 6) is 1.91. The zero-order chi connectivity index (χ0) is 22.3. The van der Waals surface area contributed by atoms with E-state index in [1.165, 1.54) is 69.0 Å². The lowest BCUT2D eigenvalue weighted by atomic mass is 9.91. The summed E-state index contributed by atoms with van der Waals surface area (Å²) < 4.78 is 0. The molecular formula is C25H42N6S. The zero-order valence-corrected chi connectivity index (χ0v) is 20.9. The zero-order valence-electron chi connectivity index (χ0n) is 20.1. The molecule has 32 heavy (non-hydrogen) atoms. The van der Waals surface area contributed by atoms with Gasteiger partial charge in [-0.1, -0.05) is 32.1 Å². The molecule has 3 aliphatic carbocycles. The minimum Gasteiger partial charge on any atom is -0.362 e. The van der Waals surface area contributed by atoms with Crippen molar-refractivity contribution in [3.63, 3.8) is 0 Å². The van der Waals surface area contributed by atoms with E-state index in [1.54, 1.807) is 0 Å². The van der Waals surface area contributed by atoms with Gasteiger partial charge in [0.1, 0.15) is 5.82 Å². The molecule has 0 radical (unpaired) electrons. The second-order valence-electron chi connectivity index (χ2n) is 10.3. The molecule has 0 saturated heterocycles. The SMILES string of the molecule is CN(C)c1nc(NC2CCC(NC(=S)NC3CCCCCCC3)CC2)nc2c1CCCC2. The lowest BCUT2D eigenvalue weighted by molar-refractivity contribution is 0.379. The van der Waals surface area contributed by atoms with Crippen LogP contribution in [-0.4, -0.2) is 47.3 Å². The molecule has 4 rings (SSSR count). The first kappa shape index (κ1) is 23.5. The van der Waals surface area contributed by atoms with Gasteiger partial charge in [0.25, 0.3) is 0 Å². The number of hydrogen-bond acceptors (Lipinski definition) is 5. The number of thiocarbonyl (C=S) groups is 1. The van der Waals surface area contributed by atoms with E-state index < -0.39 is 0 Å². The molecule has 3 aliphatic rings. The molecule has 3 N–H and O–H groups in total. The van der Waals surface area contributed by atoms with Crippen LogP contribution in [0.4, 0.5) is 11.8 Å². The summed E-state index contributed by atoms with van der Waals surface area (Å²) in [7, 11) is 4.18. The maximum atomic E-state index is 5.66. The van der Waals surface area contributed by atoms with E-state index in [0.717, 1.165) is 55.4 Å². The number of hydrogen-bond donors (Lipinski definition) is 3. The minimum absolute atomic E-state index is 0.442. The molecule has 7 heteroatoms. The summed E-state index contributed by atoms with van der Waals surface area (Å²) in [4.78, 5) is 11.9. The van der Waals surface area contributed by atoms with Gasteiger partial charge >= 0.3 is 0 Å². The topological polar surface area (TPSA) is 65.1 Å². The normalized spacial score (nSPS) is 24.6. The Kier molecular flexibility index (Phi) is 8.44. The smallest absolute Gasteiger partial charge is 0.225 e. The van der Waals surface area contributed by atoms with E-state index in [1.807, 2.05) is 0 Å². The molecule has 0 atom stereocenters. The third-order valence-corrected chi connectivity index (χ3v) is 7.66. The van der Waals surface area contributed by atoms with Crippen LogP contribution in [0.15, 0.2) is 0 Å². The molecule has 0 unspecified atom stereocenters. The molecule has 0 aliphatic heterocycles. The van der Waals surface area contributed by atoms with Crippen molar-refractivity contribution in [2.24, 2.45) is 0 Å². The quantitative estimate of drug-likeness (QED) is 0.552. The number of aryl methyl sites for hydroxylation is 1. The summed E-state index contributed by atoms with van der Waals surface area (Å²) in [6, 6.07) is 1.47. The van der Waals surface area contributed by atoms with Gasteiger partial charge in [-0.2, -0.15) is 4.98 Å². The molecule has 6 nitrogen and oxygen atoms in total. The fourth-order valence-electron chi connectivity index (χ4n) is 5.59. The van der Waals surface area contributed by atoms with Crippen molar-refractivity contribution < 1.29 is 0 Å².